The molecule has 0 aliphatic carbocycles. The Balaban J connectivity index is 1.87. The second-order valence-corrected chi connectivity index (χ2v) is 4.57. The number of carbonyl (C=O) groups excluding carboxylic acids is 1. The highest BCUT2D eigenvalue weighted by Crippen LogP contribution is 2.17. The third-order valence-corrected chi connectivity index (χ3v) is 3.01. The first-order chi connectivity index (χ1) is 10.7. The van der Waals surface area contributed by atoms with Gasteiger partial charge in [-0.3, -0.25) is 4.79 Å². The van der Waals surface area contributed by atoms with Gasteiger partial charge in [0.15, 0.2) is 5.82 Å². The molecule has 1 aromatic heterocycles. The van der Waals surface area contributed by atoms with Crippen LogP contribution in [0.3, 0.4) is 0 Å². The topological polar surface area (TPSA) is 93.8 Å². The maximum Gasteiger partial charge on any atom is 0.248 e. The summed E-state index contributed by atoms with van der Waals surface area (Å²) in [6.07, 6.45) is 1.44. The minimum atomic E-state index is -0.482. The highest BCUT2D eigenvalue weighted by atomic mass is 16.1. The van der Waals surface area contributed by atoms with E-state index in [1.165, 1.54) is 6.33 Å². The van der Waals surface area contributed by atoms with E-state index < -0.39 is 5.91 Å². The van der Waals surface area contributed by atoms with Gasteiger partial charge in [0, 0.05) is 16.8 Å². The number of nitrogens with one attached hydrogen (secondary N) is 1. The zero-order valence-electron chi connectivity index (χ0n) is 11.6. The number of benzene rings is 2. The van der Waals surface area contributed by atoms with Gasteiger partial charge in [-0.1, -0.05) is 36.4 Å². The van der Waals surface area contributed by atoms with Crippen LogP contribution in [0.4, 0.5) is 11.6 Å². The number of amides is 1. The van der Waals surface area contributed by atoms with Crippen molar-refractivity contribution in [1.29, 1.82) is 0 Å². The minimum absolute atomic E-state index is 0.399. The summed E-state index contributed by atoms with van der Waals surface area (Å²) in [5, 5.41) is 3.04. The Bertz CT molecular complexity index is 804. The van der Waals surface area contributed by atoms with E-state index in [0.29, 0.717) is 23.0 Å². The van der Waals surface area contributed by atoms with Crippen LogP contribution in [0.25, 0.3) is 11.4 Å². The molecule has 0 saturated carbocycles. The van der Waals surface area contributed by atoms with Crippen LogP contribution >= 0.6 is 0 Å². The second-order valence-electron chi connectivity index (χ2n) is 4.57. The van der Waals surface area contributed by atoms with Crippen molar-refractivity contribution in [3.63, 3.8) is 0 Å². The molecule has 0 atom stereocenters. The molecule has 2 aromatic carbocycles. The number of aromatic nitrogens is 3. The van der Waals surface area contributed by atoms with E-state index in [1.807, 2.05) is 30.3 Å². The molecule has 0 saturated heterocycles. The van der Waals surface area contributed by atoms with Crippen LogP contribution in [-0.4, -0.2) is 20.9 Å². The van der Waals surface area contributed by atoms with E-state index >= 15 is 0 Å². The number of hydrogen-bond acceptors (Lipinski definition) is 5. The van der Waals surface area contributed by atoms with Crippen LogP contribution in [0, 0.1) is 0 Å². The average Bonchev–Trinajstić information content (AvgIpc) is 2.56. The lowest BCUT2D eigenvalue weighted by atomic mass is 10.2. The smallest absolute Gasteiger partial charge is 0.248 e. The number of carbonyl (C=O) groups is 1. The Hall–Kier alpha value is -3.28. The van der Waals surface area contributed by atoms with Crippen LogP contribution in [0.2, 0.25) is 0 Å². The monoisotopic (exact) mass is 291 g/mol. The first kappa shape index (κ1) is 13.7. The van der Waals surface area contributed by atoms with Crippen LogP contribution in [0.15, 0.2) is 60.9 Å². The fraction of sp³-hybridized carbons (Fsp3) is 0. The fourth-order valence-corrected chi connectivity index (χ4v) is 1.96. The van der Waals surface area contributed by atoms with Gasteiger partial charge in [-0.2, -0.15) is 4.98 Å². The molecule has 0 radical (unpaired) electrons. The van der Waals surface area contributed by atoms with E-state index in [-0.39, 0.29) is 0 Å². The molecule has 3 N–H and O–H groups in total. The molecule has 0 spiro atoms. The number of primary amides is 1. The van der Waals surface area contributed by atoms with Crippen molar-refractivity contribution in [2.45, 2.75) is 0 Å². The third kappa shape index (κ3) is 3.06. The minimum Gasteiger partial charge on any atom is -0.366 e. The van der Waals surface area contributed by atoms with Gasteiger partial charge in [0.2, 0.25) is 11.9 Å². The zero-order chi connectivity index (χ0) is 15.4. The summed E-state index contributed by atoms with van der Waals surface area (Å²) in [5.41, 5.74) is 7.27. The first-order valence-corrected chi connectivity index (χ1v) is 6.64. The Morgan fingerprint density at radius 1 is 1.00 bits per heavy atom. The van der Waals surface area contributed by atoms with E-state index in [1.54, 1.807) is 24.3 Å². The van der Waals surface area contributed by atoms with Gasteiger partial charge in [0.05, 0.1) is 0 Å². The molecule has 0 bridgehead atoms. The van der Waals surface area contributed by atoms with Crippen molar-refractivity contribution in [3.8, 4) is 11.4 Å². The fourth-order valence-electron chi connectivity index (χ4n) is 1.96. The lowest BCUT2D eigenvalue weighted by molar-refractivity contribution is 0.100. The number of nitrogens with two attached hydrogens (primary N) is 1. The summed E-state index contributed by atoms with van der Waals surface area (Å²) >= 11 is 0. The zero-order valence-corrected chi connectivity index (χ0v) is 11.6. The standard InChI is InChI=1S/C16H13N5O/c17-14(22)12-7-4-8-13(9-12)20-16-19-10-18-15(21-16)11-5-2-1-3-6-11/h1-10H,(H2,17,22)(H,18,19,20,21). The quantitative estimate of drug-likeness (QED) is 0.769. The van der Waals surface area contributed by atoms with Gasteiger partial charge in [-0.05, 0) is 18.2 Å². The second kappa shape index (κ2) is 6.01. The van der Waals surface area contributed by atoms with Crippen LogP contribution < -0.4 is 11.1 Å². The van der Waals surface area contributed by atoms with Gasteiger partial charge < -0.3 is 11.1 Å². The van der Waals surface area contributed by atoms with Gasteiger partial charge in [0.1, 0.15) is 6.33 Å². The van der Waals surface area contributed by atoms with Crippen molar-refractivity contribution in [1.82, 2.24) is 15.0 Å². The van der Waals surface area contributed by atoms with Crippen LogP contribution in [-0.2, 0) is 0 Å². The van der Waals surface area contributed by atoms with Gasteiger partial charge in [0.25, 0.3) is 0 Å². The van der Waals surface area contributed by atoms with Crippen molar-refractivity contribution in [2.75, 3.05) is 5.32 Å². The Kier molecular flexibility index (Phi) is 3.74. The summed E-state index contributed by atoms with van der Waals surface area (Å²) in [6, 6.07) is 16.5. The molecule has 3 aromatic rings. The molecule has 1 amide bonds. The predicted molar refractivity (Wildman–Crippen MR) is 83.5 cm³/mol. The van der Waals surface area contributed by atoms with Gasteiger partial charge in [-0.15, -0.1) is 0 Å². The lowest BCUT2D eigenvalue weighted by Gasteiger charge is -2.07. The Labute approximate surface area is 127 Å². The van der Waals surface area contributed by atoms with Crippen LogP contribution in [0.5, 0.6) is 0 Å². The normalized spacial score (nSPS) is 10.2. The molecule has 6 nitrogen and oxygen atoms in total. The largest absolute Gasteiger partial charge is 0.366 e. The average molecular weight is 291 g/mol. The summed E-state index contributed by atoms with van der Waals surface area (Å²) < 4.78 is 0. The third-order valence-electron chi connectivity index (χ3n) is 3.01. The van der Waals surface area contributed by atoms with E-state index in [0.717, 1.165) is 5.56 Å². The lowest BCUT2D eigenvalue weighted by Crippen LogP contribution is -2.11. The van der Waals surface area contributed by atoms with E-state index in [4.69, 9.17) is 5.73 Å². The Morgan fingerprint density at radius 2 is 1.82 bits per heavy atom. The molecule has 22 heavy (non-hydrogen) atoms. The SMILES string of the molecule is NC(=O)c1cccc(Nc2ncnc(-c3ccccc3)n2)c1. The highest BCUT2D eigenvalue weighted by molar-refractivity contribution is 5.93. The van der Waals surface area contributed by atoms with Crippen molar-refractivity contribution < 1.29 is 4.79 Å². The molecule has 6 heteroatoms. The van der Waals surface area contributed by atoms with E-state index in [2.05, 4.69) is 20.3 Å². The Morgan fingerprint density at radius 3 is 2.59 bits per heavy atom. The van der Waals surface area contributed by atoms with Crippen LogP contribution in [0.1, 0.15) is 10.4 Å². The summed E-state index contributed by atoms with van der Waals surface area (Å²) in [5.74, 6) is 0.490. The summed E-state index contributed by atoms with van der Waals surface area (Å²) in [7, 11) is 0. The van der Waals surface area contributed by atoms with Gasteiger partial charge in [-0.25, -0.2) is 9.97 Å². The molecule has 0 aliphatic heterocycles. The predicted octanol–water partition coefficient (Wildman–Crippen LogP) is 2.38. The molecule has 1 heterocycles. The summed E-state index contributed by atoms with van der Waals surface area (Å²) in [6.45, 7) is 0. The van der Waals surface area contributed by atoms with Crippen molar-refractivity contribution in [2.24, 2.45) is 5.73 Å². The van der Waals surface area contributed by atoms with Crippen molar-refractivity contribution >= 4 is 17.5 Å². The molecule has 0 fully saturated rings. The van der Waals surface area contributed by atoms with E-state index in [9.17, 15) is 4.79 Å². The molecular weight excluding hydrogens is 278 g/mol. The first-order valence-electron chi connectivity index (χ1n) is 6.64. The number of rotatable bonds is 4. The maximum absolute atomic E-state index is 11.2. The number of hydrogen-bond donors (Lipinski definition) is 2. The molecule has 0 unspecified atom stereocenters. The number of nitrogens with zero attached hydrogens (tertiary/aromatic N) is 3. The molecule has 3 rings (SSSR count). The summed E-state index contributed by atoms with van der Waals surface area (Å²) in [4.78, 5) is 23.8. The van der Waals surface area contributed by atoms with Gasteiger partial charge >= 0.3 is 0 Å². The maximum atomic E-state index is 11.2. The molecular formula is C16H13N5O. The molecule has 108 valence electrons. The highest BCUT2D eigenvalue weighted by Gasteiger charge is 2.05. The number of anilines is 2. The molecule has 0 aliphatic rings. The van der Waals surface area contributed by atoms with Crippen molar-refractivity contribution in [3.05, 3.63) is 66.5 Å².